The van der Waals surface area contributed by atoms with E-state index in [1.54, 1.807) is 12.2 Å². The fraction of sp³-hybridized carbons (Fsp3) is 0.583. The van der Waals surface area contributed by atoms with Crippen molar-refractivity contribution in [2.75, 3.05) is 0 Å². The van der Waals surface area contributed by atoms with Gasteiger partial charge >= 0.3 is 0 Å². The minimum atomic E-state index is -0.290. The summed E-state index contributed by atoms with van der Waals surface area (Å²) < 4.78 is 0. The number of hydrogen-bond acceptors (Lipinski definition) is 2. The fourth-order valence-corrected chi connectivity index (χ4v) is 1.02. The van der Waals surface area contributed by atoms with E-state index in [4.69, 9.17) is 0 Å². The van der Waals surface area contributed by atoms with Crippen LogP contribution in [0.4, 0.5) is 0 Å². The largest absolute Gasteiger partial charge is 0.393 e. The molecule has 0 amide bonds. The molecule has 0 saturated carbocycles. The van der Waals surface area contributed by atoms with Crippen molar-refractivity contribution in [2.45, 2.75) is 39.7 Å². The summed E-state index contributed by atoms with van der Waals surface area (Å²) in [5.74, 6) is 0.264. The number of ketones is 1. The molecular formula is C12H20O2. The standard InChI is InChI=1S/C12H20O2/c1-4-11(13)9-7-6-8-10(3)12(14)5-2/h6-10,12,14H,4-5H2,1-3H3/b8-6+,9-7+/t10-,12-/m0/s1. The molecule has 0 aliphatic rings. The summed E-state index contributed by atoms with van der Waals surface area (Å²) in [7, 11) is 0. The maximum Gasteiger partial charge on any atom is 0.155 e. The van der Waals surface area contributed by atoms with Gasteiger partial charge in [0.15, 0.2) is 5.78 Å². The van der Waals surface area contributed by atoms with Crippen LogP contribution in [0.25, 0.3) is 0 Å². The highest BCUT2D eigenvalue weighted by Gasteiger charge is 2.06. The molecule has 0 aromatic carbocycles. The molecule has 0 aliphatic carbocycles. The zero-order chi connectivity index (χ0) is 11.0. The number of aliphatic hydroxyl groups excluding tert-OH is 1. The van der Waals surface area contributed by atoms with E-state index in [0.717, 1.165) is 6.42 Å². The summed E-state index contributed by atoms with van der Waals surface area (Å²) in [5, 5.41) is 9.44. The molecule has 14 heavy (non-hydrogen) atoms. The molecule has 0 rings (SSSR count). The highest BCUT2D eigenvalue weighted by Crippen LogP contribution is 2.07. The number of allylic oxidation sites excluding steroid dienone is 3. The van der Waals surface area contributed by atoms with Crippen LogP contribution in [0.3, 0.4) is 0 Å². The van der Waals surface area contributed by atoms with Gasteiger partial charge in [-0.05, 0) is 12.5 Å². The average Bonchev–Trinajstić information content (AvgIpc) is 2.22. The predicted octanol–water partition coefficient (Wildman–Crippen LogP) is 2.48. The molecule has 0 heterocycles. The van der Waals surface area contributed by atoms with Gasteiger partial charge in [0.2, 0.25) is 0 Å². The van der Waals surface area contributed by atoms with Crippen LogP contribution in [0, 0.1) is 5.92 Å². The molecule has 2 nitrogen and oxygen atoms in total. The van der Waals surface area contributed by atoms with Crippen molar-refractivity contribution in [2.24, 2.45) is 5.92 Å². The van der Waals surface area contributed by atoms with Gasteiger partial charge in [0.25, 0.3) is 0 Å². The third-order valence-electron chi connectivity index (χ3n) is 2.18. The summed E-state index contributed by atoms with van der Waals surface area (Å²) in [6, 6.07) is 0. The van der Waals surface area contributed by atoms with Gasteiger partial charge in [-0.2, -0.15) is 0 Å². The van der Waals surface area contributed by atoms with Gasteiger partial charge in [-0.3, -0.25) is 4.79 Å². The first-order valence-electron chi connectivity index (χ1n) is 5.17. The molecule has 0 aliphatic heterocycles. The number of rotatable bonds is 6. The Bertz CT molecular complexity index is 216. The smallest absolute Gasteiger partial charge is 0.155 e. The van der Waals surface area contributed by atoms with Crippen molar-refractivity contribution in [3.05, 3.63) is 24.3 Å². The summed E-state index contributed by atoms with van der Waals surface area (Å²) in [6.45, 7) is 5.74. The van der Waals surface area contributed by atoms with Gasteiger partial charge in [-0.15, -0.1) is 0 Å². The number of carbonyl (C=O) groups excluding carboxylic acids is 1. The second-order valence-electron chi connectivity index (χ2n) is 3.40. The molecule has 0 aromatic heterocycles. The molecular weight excluding hydrogens is 176 g/mol. The van der Waals surface area contributed by atoms with E-state index < -0.39 is 0 Å². The normalized spacial score (nSPS) is 16.3. The Morgan fingerprint density at radius 1 is 1.36 bits per heavy atom. The number of hydrogen-bond donors (Lipinski definition) is 1. The van der Waals surface area contributed by atoms with Crippen LogP contribution in [0.15, 0.2) is 24.3 Å². The van der Waals surface area contributed by atoms with Gasteiger partial charge in [-0.1, -0.05) is 39.0 Å². The van der Waals surface area contributed by atoms with Crippen LogP contribution < -0.4 is 0 Å². The lowest BCUT2D eigenvalue weighted by molar-refractivity contribution is -0.114. The van der Waals surface area contributed by atoms with Crippen LogP contribution in [0.2, 0.25) is 0 Å². The van der Waals surface area contributed by atoms with E-state index >= 15 is 0 Å². The van der Waals surface area contributed by atoms with Crippen molar-refractivity contribution >= 4 is 5.78 Å². The molecule has 2 heteroatoms. The Kier molecular flexibility index (Phi) is 7.03. The highest BCUT2D eigenvalue weighted by molar-refractivity contribution is 5.89. The molecule has 0 unspecified atom stereocenters. The summed E-state index contributed by atoms with van der Waals surface area (Å²) >= 11 is 0. The van der Waals surface area contributed by atoms with Crippen LogP contribution in [-0.4, -0.2) is 17.0 Å². The first kappa shape index (κ1) is 13.1. The Hall–Kier alpha value is -0.890. The second kappa shape index (κ2) is 7.51. The minimum absolute atomic E-state index is 0.123. The van der Waals surface area contributed by atoms with Gasteiger partial charge in [0.1, 0.15) is 0 Å². The number of carbonyl (C=O) groups is 1. The summed E-state index contributed by atoms with van der Waals surface area (Å²) in [5.41, 5.74) is 0. The first-order valence-corrected chi connectivity index (χ1v) is 5.17. The second-order valence-corrected chi connectivity index (χ2v) is 3.40. The first-order chi connectivity index (χ1) is 6.61. The molecule has 0 bridgehead atoms. The highest BCUT2D eigenvalue weighted by atomic mass is 16.3. The topological polar surface area (TPSA) is 37.3 Å². The van der Waals surface area contributed by atoms with Crippen molar-refractivity contribution < 1.29 is 9.90 Å². The number of aliphatic hydroxyl groups is 1. The van der Waals surface area contributed by atoms with Gasteiger partial charge < -0.3 is 5.11 Å². The zero-order valence-electron chi connectivity index (χ0n) is 9.23. The maximum atomic E-state index is 10.9. The SMILES string of the molecule is CCC(=O)/C=C/C=C/[C@H](C)[C@@H](O)CC. The van der Waals surface area contributed by atoms with Crippen molar-refractivity contribution in [1.29, 1.82) is 0 Å². The molecule has 0 radical (unpaired) electrons. The third-order valence-corrected chi connectivity index (χ3v) is 2.18. The fourth-order valence-electron chi connectivity index (χ4n) is 1.02. The Labute approximate surface area is 86.3 Å². The maximum absolute atomic E-state index is 10.9. The van der Waals surface area contributed by atoms with Crippen LogP contribution in [0.5, 0.6) is 0 Å². The predicted molar refractivity (Wildman–Crippen MR) is 59.0 cm³/mol. The molecule has 80 valence electrons. The van der Waals surface area contributed by atoms with Gasteiger partial charge in [0, 0.05) is 12.3 Å². The van der Waals surface area contributed by atoms with Gasteiger partial charge in [0.05, 0.1) is 6.10 Å². The van der Waals surface area contributed by atoms with Crippen molar-refractivity contribution in [3.63, 3.8) is 0 Å². The quantitative estimate of drug-likeness (QED) is 0.523. The average molecular weight is 196 g/mol. The van der Waals surface area contributed by atoms with E-state index in [1.165, 1.54) is 0 Å². The van der Waals surface area contributed by atoms with Crippen LogP contribution in [-0.2, 0) is 4.79 Å². The molecule has 0 saturated heterocycles. The minimum Gasteiger partial charge on any atom is -0.393 e. The molecule has 0 spiro atoms. The van der Waals surface area contributed by atoms with E-state index in [1.807, 2.05) is 32.9 Å². The van der Waals surface area contributed by atoms with Crippen molar-refractivity contribution in [1.82, 2.24) is 0 Å². The Morgan fingerprint density at radius 3 is 2.50 bits per heavy atom. The van der Waals surface area contributed by atoms with E-state index in [-0.39, 0.29) is 17.8 Å². The van der Waals surface area contributed by atoms with Gasteiger partial charge in [-0.25, -0.2) is 0 Å². The molecule has 1 N–H and O–H groups in total. The van der Waals surface area contributed by atoms with E-state index in [9.17, 15) is 9.90 Å². The summed E-state index contributed by atoms with van der Waals surface area (Å²) in [6.07, 6.45) is 8.01. The lowest BCUT2D eigenvalue weighted by atomic mass is 10.0. The third kappa shape index (κ3) is 5.70. The van der Waals surface area contributed by atoms with Crippen LogP contribution in [0.1, 0.15) is 33.6 Å². The van der Waals surface area contributed by atoms with Crippen LogP contribution >= 0.6 is 0 Å². The monoisotopic (exact) mass is 196 g/mol. The molecule has 0 fully saturated rings. The Morgan fingerprint density at radius 2 is 2.00 bits per heavy atom. The summed E-state index contributed by atoms with van der Waals surface area (Å²) in [4.78, 5) is 10.9. The zero-order valence-corrected chi connectivity index (χ0v) is 9.23. The van der Waals surface area contributed by atoms with E-state index in [0.29, 0.717) is 6.42 Å². The molecule has 0 aromatic rings. The lowest BCUT2D eigenvalue weighted by Crippen LogP contribution is -2.13. The lowest BCUT2D eigenvalue weighted by Gasteiger charge is -2.11. The Balaban J connectivity index is 3.93. The van der Waals surface area contributed by atoms with E-state index in [2.05, 4.69) is 0 Å². The molecule has 2 atom stereocenters. The van der Waals surface area contributed by atoms with Crippen molar-refractivity contribution in [3.8, 4) is 0 Å².